The van der Waals surface area contributed by atoms with Crippen LogP contribution in [0.2, 0.25) is 0 Å². The molecule has 2 aromatic carbocycles. The fourth-order valence-electron chi connectivity index (χ4n) is 6.67. The highest BCUT2D eigenvalue weighted by atomic mass is 32.1. The van der Waals surface area contributed by atoms with Crippen molar-refractivity contribution in [2.75, 3.05) is 18.0 Å². The smallest absolute Gasteiger partial charge is 0.311 e. The lowest BCUT2D eigenvalue weighted by Gasteiger charge is -2.28. The van der Waals surface area contributed by atoms with Gasteiger partial charge in [0.15, 0.2) is 0 Å². The van der Waals surface area contributed by atoms with E-state index in [1.54, 1.807) is 40.5 Å². The lowest BCUT2D eigenvalue weighted by atomic mass is 9.85. The maximum atomic E-state index is 13.6. The first-order chi connectivity index (χ1) is 24.7. The number of nitriles is 1. The van der Waals surface area contributed by atoms with Crippen LogP contribution >= 0.6 is 11.3 Å². The number of ether oxygens (including phenoxy) is 1. The molecule has 1 aliphatic rings. The number of esters is 1. The summed E-state index contributed by atoms with van der Waals surface area (Å²) in [5.74, 6) is -0.0881. The molecule has 2 aromatic heterocycles. The van der Waals surface area contributed by atoms with Crippen LogP contribution in [0.15, 0.2) is 66.0 Å². The van der Waals surface area contributed by atoms with Gasteiger partial charge >= 0.3 is 5.97 Å². The average Bonchev–Trinajstić information content (AvgIpc) is 3.73. The van der Waals surface area contributed by atoms with Crippen molar-refractivity contribution in [3.05, 3.63) is 82.9 Å². The predicted molar refractivity (Wildman–Crippen MR) is 200 cm³/mol. The highest BCUT2D eigenvalue weighted by Crippen LogP contribution is 2.28. The van der Waals surface area contributed by atoms with Crippen molar-refractivity contribution in [1.82, 2.24) is 15.2 Å². The molecule has 0 aliphatic heterocycles. The van der Waals surface area contributed by atoms with Gasteiger partial charge in [0.05, 0.1) is 21.8 Å². The number of amides is 3. The van der Waals surface area contributed by atoms with E-state index in [1.165, 1.54) is 0 Å². The number of fused-ring (bicyclic) bond motifs is 1. The van der Waals surface area contributed by atoms with Gasteiger partial charge < -0.3 is 24.8 Å². The Morgan fingerprint density at radius 2 is 1.71 bits per heavy atom. The quantitative estimate of drug-likeness (QED) is 0.0714. The van der Waals surface area contributed by atoms with Crippen molar-refractivity contribution < 1.29 is 23.9 Å². The molecule has 0 unspecified atom stereocenters. The summed E-state index contributed by atoms with van der Waals surface area (Å²) in [6.45, 7) is 5.17. The third-order valence-corrected chi connectivity index (χ3v) is 10.3. The minimum absolute atomic E-state index is 0.0283. The van der Waals surface area contributed by atoms with Crippen LogP contribution in [0.5, 0.6) is 5.75 Å². The Kier molecular flexibility index (Phi) is 13.4. The Morgan fingerprint density at radius 3 is 2.43 bits per heavy atom. The van der Waals surface area contributed by atoms with Crippen LogP contribution in [0.4, 0.5) is 5.69 Å². The number of carbonyl (C=O) groups excluding carboxylic acids is 4. The van der Waals surface area contributed by atoms with Crippen molar-refractivity contribution in [3.63, 3.8) is 0 Å². The molecule has 5 rings (SSSR count). The summed E-state index contributed by atoms with van der Waals surface area (Å²) in [4.78, 5) is 53.8. The summed E-state index contributed by atoms with van der Waals surface area (Å²) < 4.78 is 8.10. The normalized spacial score (nSPS) is 15.5. The van der Waals surface area contributed by atoms with Crippen LogP contribution < -0.4 is 20.3 Å². The molecule has 11 heteroatoms. The molecule has 0 saturated heterocycles. The number of nitrogens with one attached hydrogen (secondary N) is 2. The number of carbonyl (C=O) groups is 4. The van der Waals surface area contributed by atoms with Gasteiger partial charge in [0, 0.05) is 37.2 Å². The van der Waals surface area contributed by atoms with Crippen molar-refractivity contribution in [2.24, 2.45) is 5.92 Å². The minimum Gasteiger partial charge on any atom is -0.427 e. The first-order valence-corrected chi connectivity index (χ1v) is 18.9. The van der Waals surface area contributed by atoms with Crippen molar-refractivity contribution in [3.8, 4) is 11.8 Å². The predicted octanol–water partition coefficient (Wildman–Crippen LogP) is 7.29. The van der Waals surface area contributed by atoms with Crippen LogP contribution in [0, 0.1) is 24.2 Å². The highest BCUT2D eigenvalue weighted by Gasteiger charge is 2.29. The van der Waals surface area contributed by atoms with Crippen LogP contribution in [0.3, 0.4) is 0 Å². The number of unbranched alkanes of at least 4 members (excludes halogenated alkanes) is 4. The minimum atomic E-state index is -0.278. The summed E-state index contributed by atoms with van der Waals surface area (Å²) in [7, 11) is 0. The molecule has 268 valence electrons. The van der Waals surface area contributed by atoms with Gasteiger partial charge in [0.25, 0.3) is 5.91 Å². The summed E-state index contributed by atoms with van der Waals surface area (Å²) >= 11 is 1.55. The Hall–Kier alpha value is -4.95. The molecule has 4 aromatic rings. The number of nitrogens with zero attached hydrogens (tertiary/aromatic N) is 3. The molecule has 10 nitrogen and oxygen atoms in total. The number of thiophene rings is 1. The molecular formula is C40H47N5O5S. The molecule has 0 atom stereocenters. The van der Waals surface area contributed by atoms with Crippen LogP contribution in [-0.2, 0) is 20.9 Å². The van der Waals surface area contributed by atoms with E-state index in [4.69, 9.17) is 10.00 Å². The van der Waals surface area contributed by atoms with Gasteiger partial charge in [-0.2, -0.15) is 5.26 Å². The number of hydrogen-bond donors (Lipinski definition) is 2. The lowest BCUT2D eigenvalue weighted by Crippen LogP contribution is -2.42. The highest BCUT2D eigenvalue weighted by molar-refractivity contribution is 7.17. The molecule has 0 bridgehead atoms. The molecule has 51 heavy (non-hydrogen) atoms. The van der Waals surface area contributed by atoms with Gasteiger partial charge in [0.2, 0.25) is 11.8 Å². The maximum absolute atomic E-state index is 13.6. The molecule has 3 amide bonds. The monoisotopic (exact) mass is 709 g/mol. The van der Waals surface area contributed by atoms with Crippen molar-refractivity contribution in [1.29, 1.82) is 5.26 Å². The maximum Gasteiger partial charge on any atom is 0.311 e. The number of benzene rings is 2. The summed E-state index contributed by atoms with van der Waals surface area (Å²) in [5.41, 5.74) is 3.80. The molecular weight excluding hydrogens is 663 g/mol. The summed E-state index contributed by atoms with van der Waals surface area (Å²) in [6, 6.07) is 20.2. The third kappa shape index (κ3) is 10.3. The van der Waals surface area contributed by atoms with Gasteiger partial charge in [-0.25, -0.2) is 0 Å². The first-order valence-electron chi connectivity index (χ1n) is 18.0. The van der Waals surface area contributed by atoms with Gasteiger partial charge in [0.1, 0.15) is 18.0 Å². The van der Waals surface area contributed by atoms with E-state index < -0.39 is 0 Å². The van der Waals surface area contributed by atoms with Gasteiger partial charge in [-0.3, -0.25) is 19.2 Å². The topological polar surface area (TPSA) is 134 Å². The number of likely N-dealkylation sites (N-methyl/N-ethyl adjacent to an activating group) is 1. The van der Waals surface area contributed by atoms with E-state index in [2.05, 4.69) is 10.6 Å². The number of hydrogen-bond acceptors (Lipinski definition) is 7. The van der Waals surface area contributed by atoms with E-state index in [0.717, 1.165) is 66.4 Å². The van der Waals surface area contributed by atoms with Crippen LogP contribution in [0.25, 0.3) is 10.2 Å². The van der Waals surface area contributed by atoms with Crippen molar-refractivity contribution >= 4 is 50.9 Å². The molecule has 2 N–H and O–H groups in total. The number of aryl methyl sites for hydroxylation is 1. The second-order valence-corrected chi connectivity index (χ2v) is 14.2. The Balaban J connectivity index is 0.995. The zero-order chi connectivity index (χ0) is 36.2. The second kappa shape index (κ2) is 18.3. The van der Waals surface area contributed by atoms with E-state index in [0.29, 0.717) is 49.4 Å². The second-order valence-electron chi connectivity index (χ2n) is 13.2. The molecule has 0 spiro atoms. The lowest BCUT2D eigenvalue weighted by molar-refractivity contribution is -0.134. The molecule has 1 fully saturated rings. The number of aromatic nitrogens is 1. The molecule has 0 radical (unpaired) electrons. The van der Waals surface area contributed by atoms with Crippen LogP contribution in [-0.4, -0.2) is 47.4 Å². The van der Waals surface area contributed by atoms with Gasteiger partial charge in [-0.15, -0.1) is 11.3 Å². The largest absolute Gasteiger partial charge is 0.427 e. The SMILES string of the molecule is CCN(C(=O)Cn1c(C(=O)N[C@H]2CC[C@H](C(=O)NCCCCCCCC(=O)Oc3ccc(C#N)cc3)CC2)cc2sccc21)c1cccc(C)c1. The van der Waals surface area contributed by atoms with Crippen LogP contribution in [0.1, 0.15) is 92.7 Å². The summed E-state index contributed by atoms with van der Waals surface area (Å²) in [6.07, 6.45) is 7.71. The Labute approximate surface area is 303 Å². The standard InChI is InChI=1S/C40H47N5O5S/c1-3-44(32-11-9-10-28(2)24-32)37(46)27-45-34-21-23-51-36(34)25-35(45)40(49)43-31-17-15-30(16-18-31)39(48)42-22-8-6-4-5-7-12-38(47)50-33-19-13-29(26-41)14-20-33/h9-11,13-14,19-21,23-25,30-31H,3-8,12,15-18,22,27H2,1-2H3,(H,42,48)(H,43,49)/t30-,31-. The Morgan fingerprint density at radius 1 is 0.961 bits per heavy atom. The van der Waals surface area contributed by atoms with E-state index in [-0.39, 0.29) is 42.2 Å². The molecule has 1 aliphatic carbocycles. The Bertz CT molecular complexity index is 1850. The van der Waals surface area contributed by atoms with Gasteiger partial charge in [-0.05, 0) is 112 Å². The number of anilines is 1. The zero-order valence-electron chi connectivity index (χ0n) is 29.5. The third-order valence-electron chi connectivity index (χ3n) is 9.48. The van der Waals surface area contributed by atoms with Gasteiger partial charge in [-0.1, -0.05) is 31.4 Å². The average molecular weight is 710 g/mol. The fourth-order valence-corrected chi connectivity index (χ4v) is 7.50. The number of rotatable bonds is 16. The molecule has 1 saturated carbocycles. The van der Waals surface area contributed by atoms with E-state index in [9.17, 15) is 19.2 Å². The summed E-state index contributed by atoms with van der Waals surface area (Å²) in [5, 5.41) is 17.1. The molecule has 2 heterocycles. The van der Waals surface area contributed by atoms with E-state index >= 15 is 0 Å². The fraction of sp³-hybridized carbons (Fsp3) is 0.425. The zero-order valence-corrected chi connectivity index (χ0v) is 30.3. The van der Waals surface area contributed by atoms with Crippen molar-refractivity contribution in [2.45, 2.75) is 90.6 Å². The first kappa shape index (κ1) is 37.3. The van der Waals surface area contributed by atoms with E-state index in [1.807, 2.05) is 66.3 Å².